The summed E-state index contributed by atoms with van der Waals surface area (Å²) in [5, 5.41) is 14.8. The Bertz CT molecular complexity index is 1290. The number of aryl methyl sites for hydroxylation is 2. The van der Waals surface area contributed by atoms with E-state index in [0.717, 1.165) is 22.5 Å². The zero-order valence-electron chi connectivity index (χ0n) is 19.3. The summed E-state index contributed by atoms with van der Waals surface area (Å²) >= 11 is 6.21. The number of halogens is 1. The molecule has 4 aromatic rings. The van der Waals surface area contributed by atoms with Crippen LogP contribution in [0.1, 0.15) is 40.2 Å². The lowest BCUT2D eigenvalue weighted by Gasteiger charge is -2.18. The molecule has 0 fully saturated rings. The quantitative estimate of drug-likeness (QED) is 0.362. The van der Waals surface area contributed by atoms with Crippen LogP contribution in [0.3, 0.4) is 0 Å². The smallest absolute Gasteiger partial charge is 0.270 e. The topological polar surface area (TPSA) is 103 Å². The highest BCUT2D eigenvalue weighted by Gasteiger charge is 2.22. The third kappa shape index (κ3) is 6.58. The highest BCUT2D eigenvalue weighted by atomic mass is 35.5. The molecule has 1 N–H and O–H groups in total. The molecule has 178 valence electrons. The summed E-state index contributed by atoms with van der Waals surface area (Å²) in [5.74, 6) is -0.403. The average molecular weight is 489 g/mol. The molecule has 8 nitrogen and oxygen atoms in total. The lowest BCUT2D eigenvalue weighted by atomic mass is 9.97. The van der Waals surface area contributed by atoms with Gasteiger partial charge in [-0.15, -0.1) is 5.10 Å². The van der Waals surface area contributed by atoms with Crippen LogP contribution in [0.4, 0.5) is 0 Å². The van der Waals surface area contributed by atoms with Gasteiger partial charge >= 0.3 is 0 Å². The maximum atomic E-state index is 13.3. The van der Waals surface area contributed by atoms with Crippen LogP contribution in [0.15, 0.2) is 73.1 Å². The number of hydrogen-bond donors (Lipinski definition) is 1. The summed E-state index contributed by atoms with van der Waals surface area (Å²) in [4.78, 5) is 30.4. The second kappa shape index (κ2) is 11.5. The van der Waals surface area contributed by atoms with Gasteiger partial charge in [0.05, 0.1) is 11.7 Å². The zero-order valence-corrected chi connectivity index (χ0v) is 20.0. The summed E-state index contributed by atoms with van der Waals surface area (Å²) in [6, 6.07) is 19.7. The molecule has 1 amide bonds. The number of aromatic nitrogens is 5. The van der Waals surface area contributed by atoms with Gasteiger partial charge in [0.25, 0.3) is 5.91 Å². The van der Waals surface area contributed by atoms with Crippen molar-refractivity contribution in [2.24, 2.45) is 0 Å². The molecule has 0 saturated carbocycles. The molecule has 9 heteroatoms. The van der Waals surface area contributed by atoms with E-state index in [-0.39, 0.29) is 11.7 Å². The van der Waals surface area contributed by atoms with Crippen LogP contribution < -0.4 is 5.32 Å². The van der Waals surface area contributed by atoms with Crippen LogP contribution in [-0.2, 0) is 17.6 Å². The minimum Gasteiger partial charge on any atom is -0.341 e. The Labute approximate surface area is 208 Å². The van der Waals surface area contributed by atoms with Gasteiger partial charge in [-0.2, -0.15) is 0 Å². The molecule has 0 bridgehead atoms. The van der Waals surface area contributed by atoms with Crippen molar-refractivity contribution in [3.05, 3.63) is 101 Å². The molecule has 4 rings (SSSR count). The van der Waals surface area contributed by atoms with Gasteiger partial charge in [-0.3, -0.25) is 9.59 Å². The second-order valence-electron chi connectivity index (χ2n) is 8.23. The Kier molecular flexibility index (Phi) is 7.95. The van der Waals surface area contributed by atoms with Crippen LogP contribution in [-0.4, -0.2) is 42.9 Å². The number of ketones is 1. The van der Waals surface area contributed by atoms with Crippen LogP contribution in [0.5, 0.6) is 0 Å². The maximum absolute atomic E-state index is 13.3. The van der Waals surface area contributed by atoms with E-state index in [9.17, 15) is 9.59 Å². The van der Waals surface area contributed by atoms with Crippen molar-refractivity contribution in [1.29, 1.82) is 0 Å². The monoisotopic (exact) mass is 488 g/mol. The van der Waals surface area contributed by atoms with Crippen molar-refractivity contribution in [3.8, 4) is 5.69 Å². The lowest BCUT2D eigenvalue weighted by molar-refractivity contribution is -0.121. The van der Waals surface area contributed by atoms with E-state index in [0.29, 0.717) is 36.4 Å². The number of nitrogens with one attached hydrogen (secondary N) is 1. The molecule has 2 aromatic carbocycles. The molecule has 1 atom stereocenters. The summed E-state index contributed by atoms with van der Waals surface area (Å²) in [6.07, 6.45) is 3.40. The number of tetrazole rings is 1. The van der Waals surface area contributed by atoms with Gasteiger partial charge in [-0.05, 0) is 78.1 Å². The summed E-state index contributed by atoms with van der Waals surface area (Å²) < 4.78 is 1.57. The number of carbonyl (C=O) groups excluding carboxylic acids is 2. The lowest BCUT2D eigenvalue weighted by Crippen LogP contribution is -2.42. The highest BCUT2D eigenvalue weighted by Crippen LogP contribution is 2.21. The molecule has 0 saturated heterocycles. The Balaban J connectivity index is 1.45. The molecule has 2 aromatic heterocycles. The van der Waals surface area contributed by atoms with Gasteiger partial charge < -0.3 is 5.32 Å². The fourth-order valence-corrected chi connectivity index (χ4v) is 4.07. The molecule has 0 aliphatic rings. The molecule has 0 aliphatic heterocycles. The number of hydrogen-bond acceptors (Lipinski definition) is 6. The molecular formula is C26H25ClN6O2. The van der Waals surface area contributed by atoms with Crippen molar-refractivity contribution in [2.75, 3.05) is 0 Å². The van der Waals surface area contributed by atoms with E-state index >= 15 is 0 Å². The minimum atomic E-state index is -0.662. The summed E-state index contributed by atoms with van der Waals surface area (Å²) in [5.41, 5.74) is 3.75. The number of rotatable bonds is 10. The molecule has 2 heterocycles. The standard InChI is InChI=1S/C26H25ClN6O2/c1-18-7-5-11-22(29-18)26(35)30-23(15-19-8-3-2-4-9-19)25(34)12-6-10-20-16-21(27)13-14-24(20)33-17-28-31-32-33/h2-5,7-9,11,13-14,16-17,23H,6,10,12,15H2,1H3,(H,30,35)/t23-/m0/s1. The number of Topliss-reactive ketones (excluding diaryl/α,β-unsaturated/α-hetero) is 1. The van der Waals surface area contributed by atoms with Crippen LogP contribution in [0.25, 0.3) is 5.69 Å². The van der Waals surface area contributed by atoms with Gasteiger partial charge in [0.2, 0.25) is 0 Å². The van der Waals surface area contributed by atoms with Gasteiger partial charge in [-0.25, -0.2) is 9.67 Å². The molecule has 0 aliphatic carbocycles. The van der Waals surface area contributed by atoms with Crippen LogP contribution in [0.2, 0.25) is 5.02 Å². The number of benzene rings is 2. The Morgan fingerprint density at radius 2 is 1.89 bits per heavy atom. The minimum absolute atomic E-state index is 0.0409. The van der Waals surface area contributed by atoms with E-state index in [1.165, 1.54) is 6.33 Å². The van der Waals surface area contributed by atoms with Gasteiger partial charge in [0, 0.05) is 17.1 Å². The van der Waals surface area contributed by atoms with E-state index in [2.05, 4.69) is 25.8 Å². The van der Waals surface area contributed by atoms with Crippen LogP contribution >= 0.6 is 11.6 Å². The second-order valence-corrected chi connectivity index (χ2v) is 8.66. The Hall–Kier alpha value is -3.91. The Morgan fingerprint density at radius 1 is 1.06 bits per heavy atom. The molecule has 0 spiro atoms. The van der Waals surface area contributed by atoms with Crippen molar-refractivity contribution in [3.63, 3.8) is 0 Å². The van der Waals surface area contributed by atoms with Crippen molar-refractivity contribution < 1.29 is 9.59 Å². The number of pyridine rings is 1. The molecular weight excluding hydrogens is 464 g/mol. The van der Waals surface area contributed by atoms with Crippen molar-refractivity contribution >= 4 is 23.3 Å². The third-order valence-corrected chi connectivity index (χ3v) is 5.84. The first kappa shape index (κ1) is 24.2. The number of amides is 1. The number of carbonyl (C=O) groups is 2. The number of nitrogens with zero attached hydrogens (tertiary/aromatic N) is 5. The zero-order chi connectivity index (χ0) is 24.6. The third-order valence-electron chi connectivity index (χ3n) is 5.60. The largest absolute Gasteiger partial charge is 0.341 e. The highest BCUT2D eigenvalue weighted by molar-refractivity contribution is 6.30. The maximum Gasteiger partial charge on any atom is 0.270 e. The normalized spacial score (nSPS) is 11.7. The van der Waals surface area contributed by atoms with Crippen molar-refractivity contribution in [1.82, 2.24) is 30.5 Å². The van der Waals surface area contributed by atoms with Crippen LogP contribution in [0, 0.1) is 6.92 Å². The van der Waals surface area contributed by atoms with E-state index in [1.807, 2.05) is 55.5 Å². The first-order chi connectivity index (χ1) is 17.0. The summed E-state index contributed by atoms with van der Waals surface area (Å²) in [7, 11) is 0. The molecule has 0 radical (unpaired) electrons. The fraction of sp³-hybridized carbons (Fsp3) is 0.231. The first-order valence-corrected chi connectivity index (χ1v) is 11.7. The molecule has 0 unspecified atom stereocenters. The Morgan fingerprint density at radius 3 is 2.63 bits per heavy atom. The van der Waals surface area contributed by atoms with E-state index in [4.69, 9.17) is 11.6 Å². The van der Waals surface area contributed by atoms with Gasteiger partial charge in [-0.1, -0.05) is 48.0 Å². The predicted molar refractivity (Wildman–Crippen MR) is 132 cm³/mol. The van der Waals surface area contributed by atoms with E-state index in [1.54, 1.807) is 22.9 Å². The average Bonchev–Trinajstić information content (AvgIpc) is 3.39. The molecule has 35 heavy (non-hydrogen) atoms. The summed E-state index contributed by atoms with van der Waals surface area (Å²) in [6.45, 7) is 1.82. The SMILES string of the molecule is Cc1cccc(C(=O)N[C@@H](Cc2ccccc2)C(=O)CCCc2cc(Cl)ccc2-n2cnnn2)n1. The van der Waals surface area contributed by atoms with Gasteiger partial charge in [0.1, 0.15) is 12.0 Å². The van der Waals surface area contributed by atoms with Gasteiger partial charge in [0.15, 0.2) is 5.78 Å². The predicted octanol–water partition coefficient (Wildman–Crippen LogP) is 3.95. The first-order valence-electron chi connectivity index (χ1n) is 11.3. The van der Waals surface area contributed by atoms with Crippen molar-refractivity contribution in [2.45, 2.75) is 38.6 Å². The van der Waals surface area contributed by atoms with E-state index < -0.39 is 6.04 Å². The fourth-order valence-electron chi connectivity index (χ4n) is 3.87.